The highest BCUT2D eigenvalue weighted by Gasteiger charge is 2.17. The van der Waals surface area contributed by atoms with Crippen LogP contribution >= 0.6 is 23.2 Å². The molecule has 0 saturated carbocycles. The van der Waals surface area contributed by atoms with Crippen LogP contribution in [0.2, 0.25) is 10.3 Å². The zero-order valence-corrected chi connectivity index (χ0v) is 14.0. The maximum Gasteiger partial charge on any atom is 0.154 e. The smallest absolute Gasteiger partial charge is 0.154 e. The molecule has 2 aromatic rings. The number of aryl methyl sites for hydroxylation is 1. The van der Waals surface area contributed by atoms with E-state index in [1.165, 1.54) is 5.56 Å². The van der Waals surface area contributed by atoms with Gasteiger partial charge in [0.15, 0.2) is 5.15 Å². The Labute approximate surface area is 136 Å². The van der Waals surface area contributed by atoms with Gasteiger partial charge >= 0.3 is 0 Å². The van der Waals surface area contributed by atoms with Crippen LogP contribution in [0, 0.1) is 12.8 Å². The van der Waals surface area contributed by atoms with E-state index in [9.17, 15) is 0 Å². The van der Waals surface area contributed by atoms with Gasteiger partial charge in [-0.1, -0.05) is 67.4 Å². The fourth-order valence-electron chi connectivity index (χ4n) is 2.46. The van der Waals surface area contributed by atoms with Crippen LogP contribution in [-0.4, -0.2) is 11.5 Å². The molecular weight excluding hydrogens is 303 g/mol. The monoisotopic (exact) mass is 322 g/mol. The second-order valence-corrected chi connectivity index (χ2v) is 6.32. The standard InChI is InChI=1S/C17H20Cl2N2/c1-11(2)14(13-7-5-4-6-8-13)10-20-16-12(3)9-15(18)21-17(16)19/h4-9,11,14,20H,10H2,1-3H3. The van der Waals surface area contributed by atoms with Crippen LogP contribution in [-0.2, 0) is 0 Å². The van der Waals surface area contributed by atoms with Crippen molar-refractivity contribution in [3.63, 3.8) is 0 Å². The summed E-state index contributed by atoms with van der Waals surface area (Å²) in [5.74, 6) is 0.941. The highest BCUT2D eigenvalue weighted by Crippen LogP contribution is 2.29. The second kappa shape index (κ2) is 7.15. The minimum Gasteiger partial charge on any atom is -0.382 e. The normalized spacial score (nSPS) is 12.5. The van der Waals surface area contributed by atoms with Crippen LogP contribution in [0.15, 0.2) is 36.4 Å². The summed E-state index contributed by atoms with van der Waals surface area (Å²) in [7, 11) is 0. The molecule has 1 atom stereocenters. The molecule has 0 aliphatic rings. The van der Waals surface area contributed by atoms with Crippen LogP contribution < -0.4 is 5.32 Å². The van der Waals surface area contributed by atoms with Gasteiger partial charge in [-0.15, -0.1) is 0 Å². The molecule has 1 aromatic heterocycles. The third-order valence-corrected chi connectivity index (χ3v) is 4.14. The third-order valence-electron chi connectivity index (χ3n) is 3.67. The molecule has 1 N–H and O–H groups in total. The van der Waals surface area contributed by atoms with Gasteiger partial charge in [-0.25, -0.2) is 4.98 Å². The molecule has 2 rings (SSSR count). The Hall–Kier alpha value is -1.25. The van der Waals surface area contributed by atoms with Gasteiger partial charge in [-0.2, -0.15) is 0 Å². The Morgan fingerprint density at radius 3 is 2.38 bits per heavy atom. The van der Waals surface area contributed by atoms with Crippen LogP contribution in [0.5, 0.6) is 0 Å². The highest BCUT2D eigenvalue weighted by molar-refractivity contribution is 6.34. The van der Waals surface area contributed by atoms with Crippen molar-refractivity contribution in [1.29, 1.82) is 0 Å². The molecule has 0 aliphatic carbocycles. The van der Waals surface area contributed by atoms with E-state index >= 15 is 0 Å². The quantitative estimate of drug-likeness (QED) is 0.730. The number of aromatic nitrogens is 1. The number of nitrogens with one attached hydrogen (secondary N) is 1. The molecule has 1 unspecified atom stereocenters. The van der Waals surface area contributed by atoms with Crippen molar-refractivity contribution in [3.8, 4) is 0 Å². The summed E-state index contributed by atoms with van der Waals surface area (Å²) in [4.78, 5) is 4.10. The van der Waals surface area contributed by atoms with Gasteiger partial charge in [0.1, 0.15) is 5.15 Å². The molecule has 0 amide bonds. The number of halogens is 2. The minimum atomic E-state index is 0.414. The van der Waals surface area contributed by atoms with Crippen molar-refractivity contribution < 1.29 is 0 Å². The molecule has 0 aliphatic heterocycles. The van der Waals surface area contributed by atoms with Gasteiger partial charge < -0.3 is 5.32 Å². The molecular formula is C17H20Cl2N2. The van der Waals surface area contributed by atoms with Crippen molar-refractivity contribution in [2.24, 2.45) is 5.92 Å². The Morgan fingerprint density at radius 2 is 1.81 bits per heavy atom. The van der Waals surface area contributed by atoms with Crippen LogP contribution in [0.4, 0.5) is 5.69 Å². The first kappa shape index (κ1) is 16.1. The van der Waals surface area contributed by atoms with Crippen molar-refractivity contribution in [3.05, 3.63) is 57.8 Å². The van der Waals surface area contributed by atoms with Gasteiger partial charge in [0.05, 0.1) is 5.69 Å². The Morgan fingerprint density at radius 1 is 1.14 bits per heavy atom. The van der Waals surface area contributed by atoms with Gasteiger partial charge in [0.25, 0.3) is 0 Å². The van der Waals surface area contributed by atoms with Crippen LogP contribution in [0.3, 0.4) is 0 Å². The fraction of sp³-hybridized carbons (Fsp3) is 0.353. The third kappa shape index (κ3) is 4.12. The number of benzene rings is 1. The Bertz CT molecular complexity index is 574. The summed E-state index contributed by atoms with van der Waals surface area (Å²) in [5, 5.41) is 4.28. The maximum absolute atomic E-state index is 6.19. The summed E-state index contributed by atoms with van der Waals surface area (Å²) in [6.45, 7) is 7.25. The summed E-state index contributed by atoms with van der Waals surface area (Å²) in [5.41, 5.74) is 3.20. The minimum absolute atomic E-state index is 0.414. The molecule has 4 heteroatoms. The lowest BCUT2D eigenvalue weighted by atomic mass is 9.88. The Kier molecular flexibility index (Phi) is 5.49. The zero-order chi connectivity index (χ0) is 15.4. The molecule has 0 bridgehead atoms. The van der Waals surface area contributed by atoms with E-state index in [2.05, 4.69) is 48.4 Å². The molecule has 21 heavy (non-hydrogen) atoms. The number of nitrogens with zero attached hydrogens (tertiary/aromatic N) is 1. The van der Waals surface area contributed by atoms with E-state index in [-0.39, 0.29) is 0 Å². The largest absolute Gasteiger partial charge is 0.382 e. The predicted octanol–water partition coefficient (Wildman–Crippen LogP) is 5.55. The SMILES string of the molecule is Cc1cc(Cl)nc(Cl)c1NCC(c1ccccc1)C(C)C. The fourth-order valence-corrected chi connectivity index (χ4v) is 3.06. The topological polar surface area (TPSA) is 24.9 Å². The molecule has 0 spiro atoms. The molecule has 0 radical (unpaired) electrons. The molecule has 0 saturated heterocycles. The first-order valence-corrected chi connectivity index (χ1v) is 7.86. The first-order chi connectivity index (χ1) is 9.99. The van der Waals surface area contributed by atoms with E-state index < -0.39 is 0 Å². The van der Waals surface area contributed by atoms with Gasteiger partial charge in [-0.05, 0) is 30.0 Å². The molecule has 1 aromatic carbocycles. The lowest BCUT2D eigenvalue weighted by molar-refractivity contribution is 0.517. The molecule has 112 valence electrons. The van der Waals surface area contributed by atoms with Crippen LogP contribution in [0.25, 0.3) is 0 Å². The van der Waals surface area contributed by atoms with E-state index in [0.717, 1.165) is 17.8 Å². The summed E-state index contributed by atoms with van der Waals surface area (Å²) in [6, 6.07) is 12.3. The van der Waals surface area contributed by atoms with Crippen molar-refractivity contribution in [2.45, 2.75) is 26.7 Å². The van der Waals surface area contributed by atoms with Gasteiger partial charge in [0.2, 0.25) is 0 Å². The number of hydrogen-bond acceptors (Lipinski definition) is 2. The number of hydrogen-bond donors (Lipinski definition) is 1. The summed E-state index contributed by atoms with van der Waals surface area (Å²) in [6.07, 6.45) is 0. The zero-order valence-electron chi connectivity index (χ0n) is 12.5. The number of pyridine rings is 1. The van der Waals surface area contributed by atoms with E-state index in [0.29, 0.717) is 22.1 Å². The predicted molar refractivity (Wildman–Crippen MR) is 91.5 cm³/mol. The highest BCUT2D eigenvalue weighted by atomic mass is 35.5. The van der Waals surface area contributed by atoms with Gasteiger partial charge in [0, 0.05) is 12.5 Å². The molecule has 1 heterocycles. The van der Waals surface area contributed by atoms with Crippen molar-refractivity contribution in [2.75, 3.05) is 11.9 Å². The summed E-state index contributed by atoms with van der Waals surface area (Å²) < 4.78 is 0. The average molecular weight is 323 g/mol. The first-order valence-electron chi connectivity index (χ1n) is 7.10. The lowest BCUT2D eigenvalue weighted by Crippen LogP contribution is -2.18. The van der Waals surface area contributed by atoms with E-state index in [1.807, 2.05) is 19.1 Å². The number of rotatable bonds is 5. The molecule has 0 fully saturated rings. The molecule has 2 nitrogen and oxygen atoms in total. The maximum atomic E-state index is 6.19. The summed E-state index contributed by atoms with van der Waals surface area (Å²) >= 11 is 12.1. The van der Waals surface area contributed by atoms with Crippen molar-refractivity contribution >= 4 is 28.9 Å². The Balaban J connectivity index is 2.17. The lowest BCUT2D eigenvalue weighted by Gasteiger charge is -2.23. The van der Waals surface area contributed by atoms with E-state index in [1.54, 1.807) is 0 Å². The second-order valence-electron chi connectivity index (χ2n) is 5.57. The van der Waals surface area contributed by atoms with E-state index in [4.69, 9.17) is 23.2 Å². The number of anilines is 1. The van der Waals surface area contributed by atoms with Crippen molar-refractivity contribution in [1.82, 2.24) is 4.98 Å². The van der Waals surface area contributed by atoms with Gasteiger partial charge in [-0.3, -0.25) is 0 Å². The average Bonchev–Trinajstić information content (AvgIpc) is 2.42. The van der Waals surface area contributed by atoms with Crippen LogP contribution in [0.1, 0.15) is 30.9 Å².